The summed E-state index contributed by atoms with van der Waals surface area (Å²) in [6.07, 6.45) is 1.42. The van der Waals surface area contributed by atoms with Gasteiger partial charge in [0.05, 0.1) is 11.8 Å². The van der Waals surface area contributed by atoms with Gasteiger partial charge in [0.15, 0.2) is 5.82 Å². The van der Waals surface area contributed by atoms with E-state index in [-0.39, 0.29) is 4.47 Å². The second kappa shape index (κ2) is 3.56. The van der Waals surface area contributed by atoms with E-state index in [0.717, 1.165) is 6.20 Å². The third-order valence-electron chi connectivity index (χ3n) is 1.44. The Bertz CT molecular complexity index is 363. The Labute approximate surface area is 84.7 Å². The van der Waals surface area contributed by atoms with Crippen LogP contribution in [0.2, 0.25) is 0 Å². The van der Waals surface area contributed by atoms with Gasteiger partial charge < -0.3 is 5.11 Å². The molecule has 3 nitrogen and oxygen atoms in total. The topological polar surface area (TPSA) is 50.2 Å². The molecule has 0 bridgehead atoms. The summed E-state index contributed by atoms with van der Waals surface area (Å²) < 4.78 is 38.3. The molecular weight excluding hydrogens is 267 g/mol. The summed E-state index contributed by atoms with van der Waals surface area (Å²) in [7, 11) is 0. The van der Waals surface area contributed by atoms with Gasteiger partial charge in [-0.1, -0.05) is 0 Å². The van der Waals surface area contributed by atoms with Crippen LogP contribution in [0.1, 0.15) is 5.56 Å². The van der Waals surface area contributed by atoms with Crippen molar-refractivity contribution in [1.82, 2.24) is 4.98 Å². The first-order valence-electron chi connectivity index (χ1n) is 3.28. The van der Waals surface area contributed by atoms with Gasteiger partial charge in [-0.2, -0.15) is 8.78 Å². The first-order valence-corrected chi connectivity index (χ1v) is 4.07. The Morgan fingerprint density at radius 1 is 1.50 bits per heavy atom. The highest BCUT2D eigenvalue weighted by molar-refractivity contribution is 9.10. The van der Waals surface area contributed by atoms with Crippen LogP contribution in [0.25, 0.3) is 0 Å². The molecule has 0 saturated heterocycles. The zero-order chi connectivity index (χ0) is 10.9. The summed E-state index contributed by atoms with van der Waals surface area (Å²) in [5.74, 6) is -8.05. The van der Waals surface area contributed by atoms with E-state index in [0.29, 0.717) is 6.20 Å². The Morgan fingerprint density at radius 2 is 2.07 bits per heavy atom. The van der Waals surface area contributed by atoms with Crippen LogP contribution in [0.4, 0.5) is 13.2 Å². The van der Waals surface area contributed by atoms with Crippen LogP contribution in [0.3, 0.4) is 0 Å². The highest BCUT2D eigenvalue weighted by Crippen LogP contribution is 2.35. The van der Waals surface area contributed by atoms with Gasteiger partial charge >= 0.3 is 11.9 Å². The van der Waals surface area contributed by atoms with E-state index in [1.54, 1.807) is 0 Å². The largest absolute Gasteiger partial charge is 0.477 e. The van der Waals surface area contributed by atoms with Gasteiger partial charge in [-0.05, 0) is 15.9 Å². The molecule has 1 rings (SSSR count). The fourth-order valence-electron chi connectivity index (χ4n) is 0.818. The number of hydrogen-bond donors (Lipinski definition) is 1. The molecule has 1 N–H and O–H groups in total. The zero-order valence-corrected chi connectivity index (χ0v) is 8.06. The minimum Gasteiger partial charge on any atom is -0.477 e. The first kappa shape index (κ1) is 11.0. The van der Waals surface area contributed by atoms with Crippen molar-refractivity contribution >= 4 is 21.9 Å². The molecule has 0 aliphatic heterocycles. The van der Waals surface area contributed by atoms with Crippen molar-refractivity contribution in [2.45, 2.75) is 5.92 Å². The SMILES string of the molecule is O=C(O)C(F)(F)c1c(F)cncc1Br. The van der Waals surface area contributed by atoms with E-state index in [1.807, 2.05) is 0 Å². The normalized spacial score (nSPS) is 11.4. The molecule has 0 radical (unpaired) electrons. The highest BCUT2D eigenvalue weighted by Gasteiger charge is 2.45. The average molecular weight is 270 g/mol. The van der Waals surface area contributed by atoms with E-state index in [4.69, 9.17) is 5.11 Å². The molecule has 0 aromatic carbocycles. The zero-order valence-electron chi connectivity index (χ0n) is 6.47. The van der Waals surface area contributed by atoms with Crippen molar-refractivity contribution in [3.8, 4) is 0 Å². The standard InChI is InChI=1S/C7H3BrF3NO2/c8-3-1-12-2-4(9)5(3)7(10,11)6(13)14/h1-2H,(H,13,14). The molecule has 7 heteroatoms. The molecule has 1 aromatic heterocycles. The summed E-state index contributed by atoms with van der Waals surface area (Å²) in [6.45, 7) is 0. The molecular formula is C7H3BrF3NO2. The second-order valence-corrected chi connectivity index (χ2v) is 3.21. The minimum atomic E-state index is -4.27. The molecule has 0 fully saturated rings. The summed E-state index contributed by atoms with van der Waals surface area (Å²) in [5, 5.41) is 8.19. The van der Waals surface area contributed by atoms with Crippen molar-refractivity contribution in [2.24, 2.45) is 0 Å². The summed E-state index contributed by atoms with van der Waals surface area (Å²) in [5.41, 5.74) is -1.22. The molecule has 0 unspecified atom stereocenters. The van der Waals surface area contributed by atoms with Gasteiger partial charge in [0.2, 0.25) is 0 Å². The maximum absolute atomic E-state index is 12.9. The van der Waals surface area contributed by atoms with Crippen LogP contribution in [0.15, 0.2) is 16.9 Å². The molecule has 76 valence electrons. The van der Waals surface area contributed by atoms with Gasteiger partial charge in [-0.25, -0.2) is 9.18 Å². The number of alkyl halides is 2. The number of carboxylic acids is 1. The number of halogens is 4. The number of aliphatic carboxylic acids is 1. The highest BCUT2D eigenvalue weighted by atomic mass is 79.9. The predicted molar refractivity (Wildman–Crippen MR) is 43.4 cm³/mol. The lowest BCUT2D eigenvalue weighted by Gasteiger charge is -2.13. The van der Waals surface area contributed by atoms with Crippen LogP contribution in [0.5, 0.6) is 0 Å². The quantitative estimate of drug-likeness (QED) is 0.895. The van der Waals surface area contributed by atoms with E-state index in [9.17, 15) is 18.0 Å². The molecule has 0 aliphatic carbocycles. The van der Waals surface area contributed by atoms with E-state index in [2.05, 4.69) is 20.9 Å². The molecule has 1 heterocycles. The summed E-state index contributed by atoms with van der Waals surface area (Å²) in [6, 6.07) is 0. The Hall–Kier alpha value is -1.11. The lowest BCUT2D eigenvalue weighted by Crippen LogP contribution is -2.27. The average Bonchev–Trinajstić information content (AvgIpc) is 2.02. The number of nitrogens with zero attached hydrogens (tertiary/aromatic N) is 1. The maximum atomic E-state index is 12.9. The number of aromatic nitrogens is 1. The third kappa shape index (κ3) is 1.72. The fraction of sp³-hybridized carbons (Fsp3) is 0.143. The Balaban J connectivity index is 3.38. The van der Waals surface area contributed by atoms with Crippen molar-refractivity contribution in [1.29, 1.82) is 0 Å². The minimum absolute atomic E-state index is 0.384. The summed E-state index contributed by atoms with van der Waals surface area (Å²) in [4.78, 5) is 13.4. The molecule has 0 saturated carbocycles. The van der Waals surface area contributed by atoms with Gasteiger partial charge in [0.25, 0.3) is 0 Å². The number of hydrogen-bond acceptors (Lipinski definition) is 2. The van der Waals surface area contributed by atoms with E-state index < -0.39 is 23.3 Å². The van der Waals surface area contributed by atoms with Crippen molar-refractivity contribution in [3.63, 3.8) is 0 Å². The second-order valence-electron chi connectivity index (χ2n) is 2.36. The predicted octanol–water partition coefficient (Wildman–Crippen LogP) is 2.16. The number of carbonyl (C=O) groups is 1. The van der Waals surface area contributed by atoms with Crippen LogP contribution in [-0.4, -0.2) is 16.1 Å². The van der Waals surface area contributed by atoms with Crippen molar-refractivity contribution < 1.29 is 23.1 Å². The molecule has 1 aromatic rings. The smallest absolute Gasteiger partial charge is 0.379 e. The van der Waals surface area contributed by atoms with Gasteiger partial charge in [-0.3, -0.25) is 4.98 Å². The molecule has 0 spiro atoms. The third-order valence-corrected chi connectivity index (χ3v) is 2.04. The number of pyridine rings is 1. The van der Waals surface area contributed by atoms with E-state index in [1.165, 1.54) is 0 Å². The maximum Gasteiger partial charge on any atom is 0.379 e. The van der Waals surface area contributed by atoms with Crippen LogP contribution >= 0.6 is 15.9 Å². The molecule has 0 atom stereocenters. The molecule has 14 heavy (non-hydrogen) atoms. The van der Waals surface area contributed by atoms with Crippen LogP contribution in [-0.2, 0) is 10.7 Å². The lowest BCUT2D eigenvalue weighted by molar-refractivity contribution is -0.166. The molecule has 0 amide bonds. The van der Waals surface area contributed by atoms with Crippen molar-refractivity contribution in [3.05, 3.63) is 28.2 Å². The van der Waals surface area contributed by atoms with Gasteiger partial charge in [0.1, 0.15) is 0 Å². The van der Waals surface area contributed by atoms with E-state index >= 15 is 0 Å². The van der Waals surface area contributed by atoms with Crippen molar-refractivity contribution in [2.75, 3.05) is 0 Å². The van der Waals surface area contributed by atoms with Crippen LogP contribution in [0, 0.1) is 5.82 Å². The first-order chi connectivity index (χ1) is 6.37. The number of carboxylic acid groups (broad SMARTS) is 1. The number of rotatable bonds is 2. The Morgan fingerprint density at radius 3 is 2.50 bits per heavy atom. The lowest BCUT2D eigenvalue weighted by atomic mass is 10.1. The molecule has 0 aliphatic rings. The van der Waals surface area contributed by atoms with Crippen LogP contribution < -0.4 is 0 Å². The monoisotopic (exact) mass is 269 g/mol. The summed E-state index contributed by atoms with van der Waals surface area (Å²) >= 11 is 2.61. The van der Waals surface area contributed by atoms with Gasteiger partial charge in [-0.15, -0.1) is 0 Å². The van der Waals surface area contributed by atoms with Gasteiger partial charge in [0, 0.05) is 10.7 Å². The fourth-order valence-corrected chi connectivity index (χ4v) is 1.37. The Kier molecular flexibility index (Phi) is 2.79.